The Morgan fingerprint density at radius 2 is 1.57 bits per heavy atom. The normalized spacial score (nSPS) is 11.2. The van der Waals surface area contributed by atoms with Crippen LogP contribution in [0.15, 0.2) is 30.3 Å². The molecule has 0 aliphatic heterocycles. The minimum atomic E-state index is 0.506. The van der Waals surface area contributed by atoms with Gasteiger partial charge in [-0.2, -0.15) is 0 Å². The van der Waals surface area contributed by atoms with E-state index in [0.717, 1.165) is 17.1 Å². The predicted molar refractivity (Wildman–Crippen MR) is 93.1 cm³/mol. The molecule has 2 heteroatoms. The number of aryl methyl sites for hydroxylation is 3. The van der Waals surface area contributed by atoms with Gasteiger partial charge in [-0.25, -0.2) is 0 Å². The Labute approximate surface area is 133 Å². The molecule has 21 heavy (non-hydrogen) atoms. The van der Waals surface area contributed by atoms with Crippen molar-refractivity contribution < 1.29 is 0 Å². The Morgan fingerprint density at radius 3 is 2.19 bits per heavy atom. The van der Waals surface area contributed by atoms with Gasteiger partial charge in [0.15, 0.2) is 0 Å². The molecular formula is C19H24ClN. The summed E-state index contributed by atoms with van der Waals surface area (Å²) in [7, 11) is 0. The van der Waals surface area contributed by atoms with E-state index in [1.54, 1.807) is 0 Å². The SMILES string of the molecule is Cc1cc(-c2ccc(CNC(C)C)cc2C)c(C)cc1Cl. The van der Waals surface area contributed by atoms with Gasteiger partial charge in [-0.3, -0.25) is 0 Å². The molecule has 2 aromatic rings. The molecule has 0 unspecified atom stereocenters. The van der Waals surface area contributed by atoms with Gasteiger partial charge in [-0.15, -0.1) is 0 Å². The summed E-state index contributed by atoms with van der Waals surface area (Å²) in [5.74, 6) is 0. The summed E-state index contributed by atoms with van der Waals surface area (Å²) < 4.78 is 0. The van der Waals surface area contributed by atoms with Crippen molar-refractivity contribution in [3.8, 4) is 11.1 Å². The third-order valence-electron chi connectivity index (χ3n) is 3.80. The second kappa shape index (κ2) is 6.64. The first-order valence-electron chi connectivity index (χ1n) is 7.48. The van der Waals surface area contributed by atoms with E-state index in [2.05, 4.69) is 70.3 Å². The van der Waals surface area contributed by atoms with E-state index < -0.39 is 0 Å². The number of rotatable bonds is 4. The maximum absolute atomic E-state index is 6.20. The highest BCUT2D eigenvalue weighted by atomic mass is 35.5. The first-order chi connectivity index (χ1) is 9.88. The fraction of sp³-hybridized carbons (Fsp3) is 0.368. The molecule has 0 saturated heterocycles. The molecule has 2 aromatic carbocycles. The number of nitrogens with one attached hydrogen (secondary N) is 1. The van der Waals surface area contributed by atoms with E-state index in [1.807, 2.05) is 0 Å². The van der Waals surface area contributed by atoms with Crippen LogP contribution < -0.4 is 5.32 Å². The van der Waals surface area contributed by atoms with Crippen LogP contribution in [0.4, 0.5) is 0 Å². The smallest absolute Gasteiger partial charge is 0.0438 e. The average Bonchev–Trinajstić information content (AvgIpc) is 2.41. The summed E-state index contributed by atoms with van der Waals surface area (Å²) in [6, 6.07) is 11.5. The molecule has 0 bridgehead atoms. The molecule has 0 spiro atoms. The Balaban J connectivity index is 2.35. The minimum absolute atomic E-state index is 0.506. The van der Waals surface area contributed by atoms with Gasteiger partial charge in [-0.05, 0) is 66.3 Å². The highest BCUT2D eigenvalue weighted by Crippen LogP contribution is 2.31. The number of halogens is 1. The zero-order valence-electron chi connectivity index (χ0n) is 13.5. The highest BCUT2D eigenvalue weighted by molar-refractivity contribution is 6.31. The van der Waals surface area contributed by atoms with E-state index in [9.17, 15) is 0 Å². The lowest BCUT2D eigenvalue weighted by atomic mass is 9.94. The first-order valence-corrected chi connectivity index (χ1v) is 7.86. The van der Waals surface area contributed by atoms with E-state index >= 15 is 0 Å². The van der Waals surface area contributed by atoms with Crippen molar-refractivity contribution in [3.63, 3.8) is 0 Å². The molecule has 0 radical (unpaired) electrons. The summed E-state index contributed by atoms with van der Waals surface area (Å²) >= 11 is 6.20. The number of hydrogen-bond donors (Lipinski definition) is 1. The summed E-state index contributed by atoms with van der Waals surface area (Å²) in [4.78, 5) is 0. The third-order valence-corrected chi connectivity index (χ3v) is 4.21. The molecule has 112 valence electrons. The number of hydrogen-bond acceptors (Lipinski definition) is 1. The van der Waals surface area contributed by atoms with Crippen molar-refractivity contribution in [2.45, 2.75) is 47.2 Å². The molecule has 0 heterocycles. The van der Waals surface area contributed by atoms with Crippen LogP contribution in [-0.4, -0.2) is 6.04 Å². The van der Waals surface area contributed by atoms with Crippen molar-refractivity contribution in [2.24, 2.45) is 0 Å². The van der Waals surface area contributed by atoms with Crippen LogP contribution in [0.2, 0.25) is 5.02 Å². The monoisotopic (exact) mass is 301 g/mol. The van der Waals surface area contributed by atoms with Gasteiger partial charge in [0, 0.05) is 17.6 Å². The molecule has 1 N–H and O–H groups in total. The predicted octanol–water partition coefficient (Wildman–Crippen LogP) is 5.43. The second-order valence-electron chi connectivity index (χ2n) is 6.10. The van der Waals surface area contributed by atoms with Crippen LogP contribution >= 0.6 is 11.6 Å². The molecule has 2 rings (SSSR count). The van der Waals surface area contributed by atoms with Crippen molar-refractivity contribution in [3.05, 3.63) is 57.6 Å². The lowest BCUT2D eigenvalue weighted by molar-refractivity contribution is 0.589. The van der Waals surface area contributed by atoms with E-state index in [-0.39, 0.29) is 0 Å². The number of benzene rings is 2. The molecule has 0 saturated carbocycles. The van der Waals surface area contributed by atoms with Crippen molar-refractivity contribution in [1.29, 1.82) is 0 Å². The van der Waals surface area contributed by atoms with Gasteiger partial charge in [0.1, 0.15) is 0 Å². The van der Waals surface area contributed by atoms with Gasteiger partial charge in [0.2, 0.25) is 0 Å². The summed E-state index contributed by atoms with van der Waals surface area (Å²) in [5.41, 5.74) is 7.55. The van der Waals surface area contributed by atoms with Crippen LogP contribution in [0.1, 0.15) is 36.1 Å². The topological polar surface area (TPSA) is 12.0 Å². The molecule has 0 aliphatic carbocycles. The quantitative estimate of drug-likeness (QED) is 0.794. The fourth-order valence-electron chi connectivity index (χ4n) is 2.53. The Morgan fingerprint density at radius 1 is 0.905 bits per heavy atom. The van der Waals surface area contributed by atoms with Gasteiger partial charge in [0.05, 0.1) is 0 Å². The molecule has 0 aromatic heterocycles. The minimum Gasteiger partial charge on any atom is -0.310 e. The standard InChI is InChI=1S/C19H24ClN/c1-12(2)21-11-16-6-7-17(13(3)8-16)18-9-15(5)19(20)10-14(18)4/h6-10,12,21H,11H2,1-5H3. The largest absolute Gasteiger partial charge is 0.310 e. The zero-order valence-corrected chi connectivity index (χ0v) is 14.3. The second-order valence-corrected chi connectivity index (χ2v) is 6.51. The zero-order chi connectivity index (χ0) is 15.6. The molecule has 1 nitrogen and oxygen atoms in total. The first kappa shape index (κ1) is 16.1. The van der Waals surface area contributed by atoms with Gasteiger partial charge in [-0.1, -0.05) is 43.6 Å². The van der Waals surface area contributed by atoms with Crippen molar-refractivity contribution in [2.75, 3.05) is 0 Å². The Hall–Kier alpha value is -1.31. The summed E-state index contributed by atoms with van der Waals surface area (Å²) in [5, 5.41) is 4.30. The lowest BCUT2D eigenvalue weighted by Gasteiger charge is -2.14. The fourth-order valence-corrected chi connectivity index (χ4v) is 2.75. The van der Waals surface area contributed by atoms with Crippen LogP contribution in [0.25, 0.3) is 11.1 Å². The van der Waals surface area contributed by atoms with Crippen LogP contribution in [0.3, 0.4) is 0 Å². The average molecular weight is 302 g/mol. The third kappa shape index (κ3) is 3.87. The van der Waals surface area contributed by atoms with E-state index in [1.165, 1.54) is 27.8 Å². The maximum Gasteiger partial charge on any atom is 0.0438 e. The highest BCUT2D eigenvalue weighted by Gasteiger charge is 2.08. The Bertz CT molecular complexity index is 644. The Kier molecular flexibility index (Phi) is 5.08. The van der Waals surface area contributed by atoms with Crippen LogP contribution in [0, 0.1) is 20.8 Å². The molecule has 0 aliphatic rings. The van der Waals surface area contributed by atoms with E-state index in [0.29, 0.717) is 6.04 Å². The molecular weight excluding hydrogens is 278 g/mol. The summed E-state index contributed by atoms with van der Waals surface area (Å²) in [6.45, 7) is 11.6. The van der Waals surface area contributed by atoms with Gasteiger partial charge < -0.3 is 5.32 Å². The van der Waals surface area contributed by atoms with Gasteiger partial charge >= 0.3 is 0 Å². The van der Waals surface area contributed by atoms with Gasteiger partial charge in [0.25, 0.3) is 0 Å². The van der Waals surface area contributed by atoms with Crippen LogP contribution in [0.5, 0.6) is 0 Å². The molecule has 0 fully saturated rings. The van der Waals surface area contributed by atoms with Crippen molar-refractivity contribution in [1.82, 2.24) is 5.32 Å². The maximum atomic E-state index is 6.20. The molecule has 0 atom stereocenters. The lowest BCUT2D eigenvalue weighted by Crippen LogP contribution is -2.21. The van der Waals surface area contributed by atoms with Crippen molar-refractivity contribution >= 4 is 11.6 Å². The molecule has 0 amide bonds. The van der Waals surface area contributed by atoms with Crippen LogP contribution in [-0.2, 0) is 6.54 Å². The summed E-state index contributed by atoms with van der Waals surface area (Å²) in [6.07, 6.45) is 0. The van der Waals surface area contributed by atoms with E-state index in [4.69, 9.17) is 11.6 Å².